The maximum atomic E-state index is 13.6. The molecule has 1 saturated heterocycles. The Morgan fingerprint density at radius 3 is 2.47 bits per heavy atom. The zero-order chi connectivity index (χ0) is 23.7. The average Bonchev–Trinajstić information content (AvgIpc) is 3.27. The highest BCUT2D eigenvalue weighted by molar-refractivity contribution is 5.94. The van der Waals surface area contributed by atoms with Crippen LogP contribution in [0.5, 0.6) is 0 Å². The summed E-state index contributed by atoms with van der Waals surface area (Å²) in [5.74, 6) is 1.50. The number of hydrogen-bond donors (Lipinski definition) is 0. The number of amides is 1. The Morgan fingerprint density at radius 1 is 1.00 bits per heavy atom. The highest BCUT2D eigenvalue weighted by Crippen LogP contribution is 2.27. The molecule has 0 saturated carbocycles. The fourth-order valence-electron chi connectivity index (χ4n) is 4.32. The predicted octanol–water partition coefficient (Wildman–Crippen LogP) is 4.12. The summed E-state index contributed by atoms with van der Waals surface area (Å²) in [5.41, 5.74) is 2.11. The second kappa shape index (κ2) is 9.21. The molecule has 2 aromatic carbocycles. The van der Waals surface area contributed by atoms with E-state index in [0.29, 0.717) is 37.7 Å². The van der Waals surface area contributed by atoms with Crippen molar-refractivity contribution >= 4 is 22.8 Å². The van der Waals surface area contributed by atoms with Crippen molar-refractivity contribution in [3.05, 3.63) is 78.0 Å². The van der Waals surface area contributed by atoms with Crippen LogP contribution in [0.4, 0.5) is 10.2 Å². The van der Waals surface area contributed by atoms with E-state index in [0.717, 1.165) is 34.8 Å². The van der Waals surface area contributed by atoms with E-state index < -0.39 is 5.82 Å². The number of carbonyl (C=O) groups is 1. The third kappa shape index (κ3) is 4.35. The first-order valence-electron chi connectivity index (χ1n) is 11.6. The Labute approximate surface area is 197 Å². The van der Waals surface area contributed by atoms with Crippen LogP contribution in [0.25, 0.3) is 16.7 Å². The smallest absolute Gasteiger partial charge is 0.254 e. The predicted molar refractivity (Wildman–Crippen MR) is 130 cm³/mol. The van der Waals surface area contributed by atoms with Gasteiger partial charge in [-0.25, -0.2) is 19.0 Å². The van der Waals surface area contributed by atoms with E-state index in [-0.39, 0.29) is 5.91 Å². The molecule has 0 bridgehead atoms. The Bertz CT molecular complexity index is 1310. The number of piperazine rings is 1. The van der Waals surface area contributed by atoms with Gasteiger partial charge in [0.25, 0.3) is 5.91 Å². The molecule has 4 aromatic rings. The van der Waals surface area contributed by atoms with Gasteiger partial charge in [0.2, 0.25) is 0 Å². The molecule has 7 nitrogen and oxygen atoms in total. The van der Waals surface area contributed by atoms with Crippen LogP contribution < -0.4 is 4.90 Å². The highest BCUT2D eigenvalue weighted by atomic mass is 19.1. The van der Waals surface area contributed by atoms with E-state index in [2.05, 4.69) is 23.8 Å². The zero-order valence-corrected chi connectivity index (χ0v) is 19.4. The van der Waals surface area contributed by atoms with Crippen molar-refractivity contribution in [2.24, 2.45) is 5.92 Å². The molecule has 5 rings (SSSR count). The van der Waals surface area contributed by atoms with Gasteiger partial charge in [-0.15, -0.1) is 0 Å². The first kappa shape index (κ1) is 22.0. The van der Waals surface area contributed by atoms with Crippen molar-refractivity contribution in [2.45, 2.75) is 20.3 Å². The number of rotatable bonds is 5. The van der Waals surface area contributed by atoms with Crippen LogP contribution in [0.15, 0.2) is 60.8 Å². The lowest BCUT2D eigenvalue weighted by atomic mass is 10.1. The van der Waals surface area contributed by atoms with Gasteiger partial charge in [0.05, 0.1) is 17.3 Å². The van der Waals surface area contributed by atoms with Crippen molar-refractivity contribution in [3.63, 3.8) is 0 Å². The van der Waals surface area contributed by atoms with Crippen LogP contribution >= 0.6 is 0 Å². The summed E-state index contributed by atoms with van der Waals surface area (Å²) in [6, 6.07) is 15.8. The van der Waals surface area contributed by atoms with Crippen LogP contribution in [0.1, 0.15) is 30.0 Å². The Morgan fingerprint density at radius 2 is 1.76 bits per heavy atom. The lowest BCUT2D eigenvalue weighted by molar-refractivity contribution is 0.0746. The van der Waals surface area contributed by atoms with Crippen LogP contribution in [-0.2, 0) is 6.42 Å². The van der Waals surface area contributed by atoms with E-state index in [4.69, 9.17) is 9.97 Å². The summed E-state index contributed by atoms with van der Waals surface area (Å²) in [5, 5.41) is 5.51. The van der Waals surface area contributed by atoms with Gasteiger partial charge in [-0.2, -0.15) is 5.10 Å². The van der Waals surface area contributed by atoms with E-state index in [9.17, 15) is 9.18 Å². The number of hydrogen-bond acceptors (Lipinski definition) is 5. The van der Waals surface area contributed by atoms with Crippen molar-refractivity contribution in [1.29, 1.82) is 0 Å². The van der Waals surface area contributed by atoms with Gasteiger partial charge in [-0.05, 0) is 36.2 Å². The molecule has 0 spiro atoms. The molecule has 3 heterocycles. The minimum atomic E-state index is -0.402. The fourth-order valence-corrected chi connectivity index (χ4v) is 4.32. The maximum Gasteiger partial charge on any atom is 0.254 e. The van der Waals surface area contributed by atoms with Gasteiger partial charge < -0.3 is 9.80 Å². The second-order valence-electron chi connectivity index (χ2n) is 8.98. The van der Waals surface area contributed by atoms with E-state index in [1.54, 1.807) is 17.0 Å². The molecule has 1 aliphatic rings. The molecule has 8 heteroatoms. The van der Waals surface area contributed by atoms with Crippen LogP contribution in [0.3, 0.4) is 0 Å². The first-order chi connectivity index (χ1) is 16.5. The van der Waals surface area contributed by atoms with E-state index in [1.165, 1.54) is 12.1 Å². The molecular formula is C26H27FN6O. The molecule has 0 aliphatic carbocycles. The molecule has 0 radical (unpaired) electrons. The molecular weight excluding hydrogens is 431 g/mol. The summed E-state index contributed by atoms with van der Waals surface area (Å²) < 4.78 is 15.4. The molecule has 0 atom stereocenters. The molecule has 1 aliphatic heterocycles. The molecule has 2 aromatic heterocycles. The van der Waals surface area contributed by atoms with Crippen molar-refractivity contribution < 1.29 is 9.18 Å². The summed E-state index contributed by atoms with van der Waals surface area (Å²) in [6.07, 6.45) is 2.59. The second-order valence-corrected chi connectivity index (χ2v) is 8.98. The van der Waals surface area contributed by atoms with Gasteiger partial charge >= 0.3 is 0 Å². The summed E-state index contributed by atoms with van der Waals surface area (Å²) in [6.45, 7) is 6.63. The SMILES string of the molecule is CC(C)Cc1nc(N2CCN(C(=O)c3cccc(F)c3)CC2)c2cnn(-c3ccccc3)c2n1. The van der Waals surface area contributed by atoms with Crippen LogP contribution in [0.2, 0.25) is 0 Å². The number of carbonyl (C=O) groups excluding carboxylic acids is 1. The van der Waals surface area contributed by atoms with Crippen molar-refractivity contribution in [1.82, 2.24) is 24.6 Å². The number of aromatic nitrogens is 4. The minimum Gasteiger partial charge on any atom is -0.352 e. The summed E-state index contributed by atoms with van der Waals surface area (Å²) in [7, 11) is 0. The summed E-state index contributed by atoms with van der Waals surface area (Å²) >= 11 is 0. The van der Waals surface area contributed by atoms with Crippen LogP contribution in [-0.4, -0.2) is 56.7 Å². The molecule has 0 N–H and O–H groups in total. The van der Waals surface area contributed by atoms with Crippen molar-refractivity contribution in [3.8, 4) is 5.69 Å². The number of nitrogens with zero attached hydrogens (tertiary/aromatic N) is 6. The molecule has 34 heavy (non-hydrogen) atoms. The summed E-state index contributed by atoms with van der Waals surface area (Å²) in [4.78, 5) is 26.6. The normalized spacial score (nSPS) is 14.2. The molecule has 0 unspecified atom stereocenters. The van der Waals surface area contributed by atoms with Crippen LogP contribution in [0, 0.1) is 11.7 Å². The number of benzene rings is 2. The number of para-hydroxylation sites is 1. The van der Waals surface area contributed by atoms with Gasteiger partial charge in [-0.3, -0.25) is 4.79 Å². The van der Waals surface area contributed by atoms with E-state index >= 15 is 0 Å². The molecule has 1 amide bonds. The lowest BCUT2D eigenvalue weighted by Gasteiger charge is -2.35. The number of fused-ring (bicyclic) bond motifs is 1. The Hall–Kier alpha value is -3.81. The number of anilines is 1. The van der Waals surface area contributed by atoms with Gasteiger partial charge in [0.1, 0.15) is 17.5 Å². The van der Waals surface area contributed by atoms with E-state index in [1.807, 2.05) is 41.2 Å². The Kier molecular flexibility index (Phi) is 5.96. The highest BCUT2D eigenvalue weighted by Gasteiger charge is 2.26. The lowest BCUT2D eigenvalue weighted by Crippen LogP contribution is -2.49. The molecule has 1 fully saturated rings. The van der Waals surface area contributed by atoms with Crippen molar-refractivity contribution in [2.75, 3.05) is 31.1 Å². The third-order valence-corrected chi connectivity index (χ3v) is 5.98. The fraction of sp³-hybridized carbons (Fsp3) is 0.308. The quantitative estimate of drug-likeness (QED) is 0.450. The monoisotopic (exact) mass is 458 g/mol. The maximum absolute atomic E-state index is 13.6. The van der Waals surface area contributed by atoms with Gasteiger partial charge in [0.15, 0.2) is 5.65 Å². The topological polar surface area (TPSA) is 67.2 Å². The molecule has 174 valence electrons. The average molecular weight is 459 g/mol. The first-order valence-corrected chi connectivity index (χ1v) is 11.6. The Balaban J connectivity index is 1.44. The standard InChI is InChI=1S/C26H27FN6O/c1-18(2)15-23-29-24(22-17-28-33(25(22)30-23)21-9-4-3-5-10-21)31-11-13-32(14-12-31)26(34)19-7-6-8-20(27)16-19/h3-10,16-18H,11-15H2,1-2H3. The van der Waals surface area contributed by atoms with Gasteiger partial charge in [-0.1, -0.05) is 38.1 Å². The zero-order valence-electron chi connectivity index (χ0n) is 19.4. The largest absolute Gasteiger partial charge is 0.352 e. The van der Waals surface area contributed by atoms with Gasteiger partial charge in [0, 0.05) is 38.2 Å². The number of halogens is 1. The third-order valence-electron chi connectivity index (χ3n) is 5.98. The minimum absolute atomic E-state index is 0.149.